The van der Waals surface area contributed by atoms with Gasteiger partial charge in [-0.05, 0) is 53.3 Å². The summed E-state index contributed by atoms with van der Waals surface area (Å²) in [6.07, 6.45) is -0.0329. The number of benzene rings is 4. The van der Waals surface area contributed by atoms with E-state index in [0.717, 1.165) is 28.7 Å². The van der Waals surface area contributed by atoms with E-state index in [4.69, 9.17) is 29.0 Å². The van der Waals surface area contributed by atoms with Crippen LogP contribution in [0.1, 0.15) is 39.8 Å². The number of ether oxygens (including phenoxy) is 1. The zero-order chi connectivity index (χ0) is 30.9. The third-order valence-electron chi connectivity index (χ3n) is 7.87. The molecule has 1 aliphatic rings. The molecule has 1 aliphatic heterocycles. The lowest BCUT2D eigenvalue weighted by atomic mass is 9.84. The molecule has 0 radical (unpaired) electrons. The number of halogens is 1. The van der Waals surface area contributed by atoms with Crippen LogP contribution in [0.3, 0.4) is 0 Å². The monoisotopic (exact) mass is 629 g/mol. The molecule has 2 amide bonds. The third kappa shape index (κ3) is 8.21. The minimum Gasteiger partial charge on any atom is -0.465 e. The molecule has 1 saturated heterocycles. The number of amides is 2. The van der Waals surface area contributed by atoms with Crippen LogP contribution in [0, 0.1) is 0 Å². The van der Waals surface area contributed by atoms with Crippen LogP contribution in [-0.4, -0.2) is 48.4 Å². The van der Waals surface area contributed by atoms with E-state index in [9.17, 15) is 14.7 Å². The maximum atomic E-state index is 13.9. The van der Waals surface area contributed by atoms with Gasteiger partial charge in [0.15, 0.2) is 0 Å². The van der Waals surface area contributed by atoms with Gasteiger partial charge in [0.05, 0.1) is 17.5 Å². The number of hydrogen-bond acceptors (Lipinski definition) is 5. The molecule has 0 bridgehead atoms. The largest absolute Gasteiger partial charge is 0.465 e. The van der Waals surface area contributed by atoms with Gasteiger partial charge in [-0.15, -0.1) is 0 Å². The Morgan fingerprint density at radius 2 is 1.48 bits per heavy atom. The van der Waals surface area contributed by atoms with Crippen molar-refractivity contribution in [2.24, 2.45) is 0 Å². The van der Waals surface area contributed by atoms with Gasteiger partial charge in [0, 0.05) is 29.7 Å². The number of hydrogen-bond donors (Lipinski definition) is 5. The van der Waals surface area contributed by atoms with Crippen LogP contribution in [0.25, 0.3) is 0 Å². The first-order chi connectivity index (χ1) is 21.4. The summed E-state index contributed by atoms with van der Waals surface area (Å²) in [5.74, 6) is -0.969. The van der Waals surface area contributed by atoms with Crippen LogP contribution >= 0.6 is 24.2 Å². The number of nitrogens with one attached hydrogen (secondary N) is 3. The number of para-hydroxylation sites is 1. The highest BCUT2D eigenvalue weighted by Gasteiger charge is 2.33. The molecule has 7 nitrogen and oxygen atoms in total. The maximum absolute atomic E-state index is 13.9. The van der Waals surface area contributed by atoms with Gasteiger partial charge in [-0.2, -0.15) is 12.6 Å². The van der Waals surface area contributed by atoms with Crippen molar-refractivity contribution in [3.05, 3.63) is 136 Å². The Bertz CT molecular complexity index is 1480. The van der Waals surface area contributed by atoms with Crippen LogP contribution in [0.2, 0.25) is 5.02 Å². The van der Waals surface area contributed by atoms with Gasteiger partial charge >= 0.3 is 6.09 Å². The van der Waals surface area contributed by atoms with E-state index in [1.54, 1.807) is 0 Å². The molecular weight excluding hydrogens is 594 g/mol. The predicted octanol–water partition coefficient (Wildman–Crippen LogP) is 6.71. The van der Waals surface area contributed by atoms with Gasteiger partial charge < -0.3 is 25.8 Å². The number of anilines is 1. The van der Waals surface area contributed by atoms with Gasteiger partial charge in [-0.1, -0.05) is 103 Å². The van der Waals surface area contributed by atoms with Crippen molar-refractivity contribution in [2.75, 3.05) is 18.4 Å². The summed E-state index contributed by atoms with van der Waals surface area (Å²) in [6.45, 7) is 1.41. The highest BCUT2D eigenvalue weighted by Crippen LogP contribution is 2.31. The second-order valence-corrected chi connectivity index (χ2v) is 11.9. The Labute approximate surface area is 268 Å². The smallest absolute Gasteiger partial charge is 0.405 e. The zero-order valence-electron chi connectivity index (χ0n) is 24.1. The van der Waals surface area contributed by atoms with Crippen LogP contribution in [-0.2, 0) is 16.0 Å². The van der Waals surface area contributed by atoms with Crippen LogP contribution < -0.4 is 16.0 Å². The van der Waals surface area contributed by atoms with Crippen LogP contribution in [0.15, 0.2) is 109 Å². The summed E-state index contributed by atoms with van der Waals surface area (Å²) < 4.78 is 6.45. The van der Waals surface area contributed by atoms with E-state index in [1.807, 2.05) is 109 Å². The van der Waals surface area contributed by atoms with Crippen LogP contribution in [0.5, 0.6) is 0 Å². The molecule has 1 fully saturated rings. The van der Waals surface area contributed by atoms with E-state index in [1.165, 1.54) is 0 Å². The number of rotatable bonds is 11. The minimum absolute atomic E-state index is 0.0403. The highest BCUT2D eigenvalue weighted by atomic mass is 35.5. The first-order valence-electron chi connectivity index (χ1n) is 14.7. The Balaban J connectivity index is 1.30. The molecule has 5 rings (SSSR count). The van der Waals surface area contributed by atoms with Crippen molar-refractivity contribution < 1.29 is 19.4 Å². The van der Waals surface area contributed by atoms with Crippen molar-refractivity contribution in [2.45, 2.75) is 42.3 Å². The minimum atomic E-state index is -1.27. The lowest BCUT2D eigenvalue weighted by molar-refractivity contribution is -0.118. The molecule has 4 atom stereocenters. The topological polar surface area (TPSA) is 99.7 Å². The van der Waals surface area contributed by atoms with E-state index < -0.39 is 24.0 Å². The molecule has 0 saturated carbocycles. The molecule has 1 heterocycles. The SMILES string of the molecule is O=C(O)N[C@H](C(=O)Nc1ccccc1CC[C@@H]1CNC[C@@H](C(S)c2ccc(Cl)cc2)O1)C(c1ccccc1)c1ccccc1. The highest BCUT2D eigenvalue weighted by molar-refractivity contribution is 7.80. The molecule has 4 aromatic rings. The fourth-order valence-corrected chi connectivity index (χ4v) is 6.15. The quantitative estimate of drug-likeness (QED) is 0.119. The number of carbonyl (C=O) groups excluding carboxylic acids is 1. The first-order valence-corrected chi connectivity index (χ1v) is 15.6. The Hall–Kier alpha value is -3.82. The number of carbonyl (C=O) groups is 2. The van der Waals surface area contributed by atoms with Crippen molar-refractivity contribution in [3.8, 4) is 0 Å². The molecule has 1 unspecified atom stereocenters. The summed E-state index contributed by atoms with van der Waals surface area (Å²) in [7, 11) is 0. The molecule has 228 valence electrons. The Kier molecular flexibility index (Phi) is 11.0. The van der Waals surface area contributed by atoms with E-state index >= 15 is 0 Å². The van der Waals surface area contributed by atoms with Crippen molar-refractivity contribution in [3.63, 3.8) is 0 Å². The maximum Gasteiger partial charge on any atom is 0.405 e. The summed E-state index contributed by atoms with van der Waals surface area (Å²) in [5.41, 5.74) is 4.30. The predicted molar refractivity (Wildman–Crippen MR) is 178 cm³/mol. The first kappa shape index (κ1) is 31.6. The number of carboxylic acid groups (broad SMARTS) is 1. The number of thiol groups is 1. The summed E-state index contributed by atoms with van der Waals surface area (Å²) in [5, 5.41) is 19.3. The normalized spacial score (nSPS) is 17.9. The fraction of sp³-hybridized carbons (Fsp3) is 0.257. The van der Waals surface area contributed by atoms with Gasteiger partial charge in [0.25, 0.3) is 0 Å². The molecule has 4 N–H and O–H groups in total. The van der Waals surface area contributed by atoms with E-state index in [0.29, 0.717) is 30.2 Å². The molecule has 0 spiro atoms. The average molecular weight is 630 g/mol. The lowest BCUT2D eigenvalue weighted by Gasteiger charge is -2.34. The van der Waals surface area contributed by atoms with Crippen molar-refractivity contribution in [1.82, 2.24) is 10.6 Å². The van der Waals surface area contributed by atoms with E-state index in [-0.39, 0.29) is 17.5 Å². The summed E-state index contributed by atoms with van der Waals surface area (Å²) >= 11 is 10.9. The summed E-state index contributed by atoms with van der Waals surface area (Å²) in [6, 6.07) is 33.1. The second kappa shape index (κ2) is 15.3. The average Bonchev–Trinajstić information content (AvgIpc) is 3.05. The second-order valence-electron chi connectivity index (χ2n) is 10.9. The molecule has 0 aromatic heterocycles. The summed E-state index contributed by atoms with van der Waals surface area (Å²) in [4.78, 5) is 25.8. The van der Waals surface area contributed by atoms with Gasteiger partial charge in [-0.25, -0.2) is 4.79 Å². The van der Waals surface area contributed by atoms with Crippen LogP contribution in [0.4, 0.5) is 10.5 Å². The lowest BCUT2D eigenvalue weighted by Crippen LogP contribution is -2.47. The van der Waals surface area contributed by atoms with Gasteiger partial charge in [0.1, 0.15) is 6.04 Å². The standard InChI is InChI=1S/C35H36ClN3O4S/c36-27-18-15-26(16-19-27)33(44)30-22-37-21-28(43-30)20-17-23-9-7-8-14-29(23)38-34(40)32(39-35(41)42)31(24-10-3-1-4-11-24)25-12-5-2-6-13-25/h1-16,18-19,28,30-33,37,39,44H,17,20-22H2,(H,38,40)(H,41,42)/t28-,30+,32+,33?/m1/s1. The molecule has 44 heavy (non-hydrogen) atoms. The third-order valence-corrected chi connectivity index (χ3v) is 8.75. The zero-order valence-corrected chi connectivity index (χ0v) is 25.8. The molecular formula is C35H36ClN3O4S. The molecule has 0 aliphatic carbocycles. The van der Waals surface area contributed by atoms with Gasteiger partial charge in [0.2, 0.25) is 5.91 Å². The molecule has 9 heteroatoms. The fourth-order valence-electron chi connectivity index (χ4n) is 5.68. The van der Waals surface area contributed by atoms with Gasteiger partial charge in [-0.3, -0.25) is 4.79 Å². The Morgan fingerprint density at radius 1 is 0.864 bits per heavy atom. The van der Waals surface area contributed by atoms with E-state index in [2.05, 4.69) is 16.0 Å². The number of morpholine rings is 1. The van der Waals surface area contributed by atoms with Crippen molar-refractivity contribution >= 4 is 41.9 Å². The number of aryl methyl sites for hydroxylation is 1. The molecule has 4 aromatic carbocycles. The van der Waals surface area contributed by atoms with Crippen molar-refractivity contribution in [1.29, 1.82) is 0 Å². The Morgan fingerprint density at radius 3 is 2.11 bits per heavy atom.